The van der Waals surface area contributed by atoms with Gasteiger partial charge in [0, 0.05) is 5.56 Å². The second kappa shape index (κ2) is 5.36. The molecule has 94 valence electrons. The third-order valence-corrected chi connectivity index (χ3v) is 2.78. The lowest BCUT2D eigenvalue weighted by Crippen LogP contribution is -2.13. The van der Waals surface area contributed by atoms with Crippen LogP contribution in [-0.2, 0) is 0 Å². The minimum Gasteiger partial charge on any atom is -0.321 e. The van der Waals surface area contributed by atoms with Crippen LogP contribution in [0.15, 0.2) is 42.5 Å². The van der Waals surface area contributed by atoms with Crippen molar-refractivity contribution < 1.29 is 4.79 Å². The largest absolute Gasteiger partial charge is 0.321 e. The highest BCUT2D eigenvalue weighted by atomic mass is 16.1. The number of nitrogens with zero attached hydrogens (tertiary/aromatic N) is 1. The van der Waals surface area contributed by atoms with Crippen LogP contribution in [0.5, 0.6) is 0 Å². The third kappa shape index (κ3) is 2.99. The molecular formula is C16H14N2O. The quantitative estimate of drug-likeness (QED) is 0.887. The Morgan fingerprint density at radius 2 is 1.74 bits per heavy atom. The lowest BCUT2D eigenvalue weighted by molar-refractivity contribution is 0.102. The van der Waals surface area contributed by atoms with Gasteiger partial charge in [-0.2, -0.15) is 5.26 Å². The molecule has 0 aliphatic carbocycles. The molecule has 0 saturated carbocycles. The van der Waals surface area contributed by atoms with Crippen molar-refractivity contribution in [3.8, 4) is 6.07 Å². The average Bonchev–Trinajstić information content (AvgIpc) is 2.38. The van der Waals surface area contributed by atoms with Gasteiger partial charge in [-0.1, -0.05) is 29.3 Å². The van der Waals surface area contributed by atoms with E-state index in [-0.39, 0.29) is 5.91 Å². The van der Waals surface area contributed by atoms with Gasteiger partial charge in [0.05, 0.1) is 11.3 Å². The van der Waals surface area contributed by atoms with Crippen LogP contribution in [0, 0.1) is 25.2 Å². The van der Waals surface area contributed by atoms with Gasteiger partial charge < -0.3 is 5.32 Å². The normalized spacial score (nSPS) is 9.74. The lowest BCUT2D eigenvalue weighted by Gasteiger charge is -2.08. The molecule has 3 heteroatoms. The summed E-state index contributed by atoms with van der Waals surface area (Å²) in [6, 6.07) is 14.7. The Balaban J connectivity index is 2.29. The molecule has 2 aromatic carbocycles. The monoisotopic (exact) mass is 250 g/mol. The first-order chi connectivity index (χ1) is 9.10. The van der Waals surface area contributed by atoms with Crippen molar-refractivity contribution in [2.45, 2.75) is 13.8 Å². The number of aryl methyl sites for hydroxylation is 2. The summed E-state index contributed by atoms with van der Waals surface area (Å²) in [5.41, 5.74) is 3.68. The zero-order chi connectivity index (χ0) is 13.8. The van der Waals surface area contributed by atoms with Gasteiger partial charge in [-0.25, -0.2) is 0 Å². The predicted octanol–water partition coefficient (Wildman–Crippen LogP) is 3.43. The number of benzene rings is 2. The number of nitriles is 1. The van der Waals surface area contributed by atoms with Crippen molar-refractivity contribution in [2.75, 3.05) is 5.32 Å². The van der Waals surface area contributed by atoms with Gasteiger partial charge in [0.2, 0.25) is 0 Å². The highest BCUT2D eigenvalue weighted by Gasteiger charge is 2.09. The fourth-order valence-electron chi connectivity index (χ4n) is 1.99. The van der Waals surface area contributed by atoms with E-state index in [1.165, 1.54) is 0 Å². The second-order valence-electron chi connectivity index (χ2n) is 4.49. The standard InChI is InChI=1S/C16H14N2O/c1-11-7-12(2)9-14(8-11)16(19)18-15-6-4-3-5-13(15)10-17/h3-9H,1-2H3,(H,18,19). The SMILES string of the molecule is Cc1cc(C)cc(C(=O)Nc2ccccc2C#N)c1. The van der Waals surface area contributed by atoms with E-state index in [0.29, 0.717) is 16.8 Å². The van der Waals surface area contributed by atoms with Gasteiger partial charge >= 0.3 is 0 Å². The Morgan fingerprint density at radius 1 is 1.11 bits per heavy atom. The van der Waals surface area contributed by atoms with Crippen LogP contribution >= 0.6 is 0 Å². The Labute approximate surface area is 112 Å². The number of carbonyl (C=O) groups excluding carboxylic acids is 1. The molecule has 0 aromatic heterocycles. The summed E-state index contributed by atoms with van der Waals surface area (Å²) < 4.78 is 0. The van der Waals surface area contributed by atoms with E-state index in [2.05, 4.69) is 11.4 Å². The molecule has 1 amide bonds. The first-order valence-corrected chi connectivity index (χ1v) is 5.99. The maximum Gasteiger partial charge on any atom is 0.255 e. The van der Waals surface area contributed by atoms with E-state index in [9.17, 15) is 4.79 Å². The van der Waals surface area contributed by atoms with Crippen molar-refractivity contribution >= 4 is 11.6 Å². The number of hydrogen-bond acceptors (Lipinski definition) is 2. The molecule has 0 fully saturated rings. The topological polar surface area (TPSA) is 52.9 Å². The highest BCUT2D eigenvalue weighted by molar-refractivity contribution is 6.05. The Bertz CT molecular complexity index is 648. The molecule has 0 atom stereocenters. The number of anilines is 1. The number of carbonyl (C=O) groups is 1. The summed E-state index contributed by atoms with van der Waals surface area (Å²) >= 11 is 0. The smallest absolute Gasteiger partial charge is 0.255 e. The van der Waals surface area contributed by atoms with Gasteiger partial charge in [0.25, 0.3) is 5.91 Å². The summed E-state index contributed by atoms with van der Waals surface area (Å²) in [6.45, 7) is 3.90. The maximum atomic E-state index is 12.2. The zero-order valence-electron chi connectivity index (χ0n) is 10.9. The maximum absolute atomic E-state index is 12.2. The Hall–Kier alpha value is -2.60. The number of para-hydroxylation sites is 1. The molecule has 1 N–H and O–H groups in total. The predicted molar refractivity (Wildman–Crippen MR) is 75.0 cm³/mol. The van der Waals surface area contributed by atoms with Crippen LogP contribution in [0.2, 0.25) is 0 Å². The van der Waals surface area contributed by atoms with Crippen LogP contribution in [0.1, 0.15) is 27.0 Å². The second-order valence-corrected chi connectivity index (χ2v) is 4.49. The first-order valence-electron chi connectivity index (χ1n) is 5.99. The van der Waals surface area contributed by atoms with Crippen molar-refractivity contribution in [3.63, 3.8) is 0 Å². The van der Waals surface area contributed by atoms with Crippen molar-refractivity contribution in [1.82, 2.24) is 0 Å². The highest BCUT2D eigenvalue weighted by Crippen LogP contribution is 2.16. The average molecular weight is 250 g/mol. The van der Waals surface area contributed by atoms with Crippen LogP contribution in [0.4, 0.5) is 5.69 Å². The molecule has 3 nitrogen and oxygen atoms in total. The minimum absolute atomic E-state index is 0.200. The number of amides is 1. The number of rotatable bonds is 2. The molecular weight excluding hydrogens is 236 g/mol. The van der Waals surface area contributed by atoms with Gasteiger partial charge in [0.15, 0.2) is 0 Å². The lowest BCUT2D eigenvalue weighted by atomic mass is 10.1. The fraction of sp³-hybridized carbons (Fsp3) is 0.125. The molecule has 2 rings (SSSR count). The van der Waals surface area contributed by atoms with E-state index in [1.807, 2.05) is 32.0 Å². The first kappa shape index (κ1) is 12.8. The molecule has 0 unspecified atom stereocenters. The van der Waals surface area contributed by atoms with E-state index < -0.39 is 0 Å². The summed E-state index contributed by atoms with van der Waals surface area (Å²) in [7, 11) is 0. The molecule has 0 saturated heterocycles. The summed E-state index contributed by atoms with van der Waals surface area (Å²) in [4.78, 5) is 12.2. The third-order valence-electron chi connectivity index (χ3n) is 2.78. The summed E-state index contributed by atoms with van der Waals surface area (Å²) in [5.74, 6) is -0.200. The Kier molecular flexibility index (Phi) is 3.63. The van der Waals surface area contributed by atoms with Crippen LogP contribution in [0.25, 0.3) is 0 Å². The van der Waals surface area contributed by atoms with Crippen molar-refractivity contribution in [3.05, 3.63) is 64.7 Å². The number of nitrogens with one attached hydrogen (secondary N) is 1. The Morgan fingerprint density at radius 3 is 2.37 bits per heavy atom. The molecule has 0 radical (unpaired) electrons. The van der Waals surface area contributed by atoms with E-state index in [1.54, 1.807) is 24.3 Å². The molecule has 0 heterocycles. The van der Waals surface area contributed by atoms with Crippen molar-refractivity contribution in [1.29, 1.82) is 5.26 Å². The fourth-order valence-corrected chi connectivity index (χ4v) is 1.99. The van der Waals surface area contributed by atoms with E-state index in [0.717, 1.165) is 11.1 Å². The zero-order valence-corrected chi connectivity index (χ0v) is 10.9. The van der Waals surface area contributed by atoms with Crippen LogP contribution < -0.4 is 5.32 Å². The van der Waals surface area contributed by atoms with Crippen molar-refractivity contribution in [2.24, 2.45) is 0 Å². The molecule has 0 aliphatic heterocycles. The van der Waals surface area contributed by atoms with Gasteiger partial charge in [-0.05, 0) is 38.1 Å². The van der Waals surface area contributed by atoms with E-state index in [4.69, 9.17) is 5.26 Å². The molecule has 0 aliphatic rings. The summed E-state index contributed by atoms with van der Waals surface area (Å²) in [5, 5.41) is 11.8. The molecule has 19 heavy (non-hydrogen) atoms. The van der Waals surface area contributed by atoms with Gasteiger partial charge in [-0.15, -0.1) is 0 Å². The van der Waals surface area contributed by atoms with Crippen LogP contribution in [0.3, 0.4) is 0 Å². The minimum atomic E-state index is -0.200. The molecule has 0 bridgehead atoms. The molecule has 0 spiro atoms. The van der Waals surface area contributed by atoms with Gasteiger partial charge in [0.1, 0.15) is 6.07 Å². The van der Waals surface area contributed by atoms with Crippen LogP contribution in [-0.4, -0.2) is 5.91 Å². The summed E-state index contributed by atoms with van der Waals surface area (Å²) in [6.07, 6.45) is 0. The van der Waals surface area contributed by atoms with Gasteiger partial charge in [-0.3, -0.25) is 4.79 Å². The molecule has 2 aromatic rings. The van der Waals surface area contributed by atoms with E-state index >= 15 is 0 Å². The number of hydrogen-bond donors (Lipinski definition) is 1.